The molecule has 0 spiro atoms. The number of aromatic nitrogens is 3. The molecular weight excluding hydrogens is 352 g/mol. The molecule has 1 aliphatic rings. The quantitative estimate of drug-likeness (QED) is 0.764. The summed E-state index contributed by atoms with van der Waals surface area (Å²) in [5.74, 6) is 0.406. The summed E-state index contributed by atoms with van der Waals surface area (Å²) in [4.78, 5) is 17.0. The number of hydrogen-bond acceptors (Lipinski definition) is 4. The lowest BCUT2D eigenvalue weighted by Crippen LogP contribution is -2.21. The van der Waals surface area contributed by atoms with Gasteiger partial charge in [-0.25, -0.2) is 9.67 Å². The summed E-state index contributed by atoms with van der Waals surface area (Å²) in [7, 11) is 1.63. The lowest BCUT2D eigenvalue weighted by molar-refractivity contribution is -0.117. The molecule has 0 radical (unpaired) electrons. The van der Waals surface area contributed by atoms with E-state index in [1.54, 1.807) is 36.3 Å². The summed E-state index contributed by atoms with van der Waals surface area (Å²) in [6, 6.07) is 11.2. The molecule has 2 aromatic carbocycles. The standard InChI is InChI=1S/C19H17ClN4O2/c1-26-17-4-2-3-12-5-7-14(18(12)17)19(25)23-15-9-13(20)6-8-16(15)24-11-21-10-22-24/h2-4,6,8-11,14H,5,7H2,1H3,(H,23,25). The molecule has 1 atom stereocenters. The first-order chi connectivity index (χ1) is 12.7. The molecule has 1 unspecified atom stereocenters. The first-order valence-electron chi connectivity index (χ1n) is 8.28. The highest BCUT2D eigenvalue weighted by Crippen LogP contribution is 2.40. The van der Waals surface area contributed by atoms with Gasteiger partial charge in [0.05, 0.1) is 24.4 Å². The van der Waals surface area contributed by atoms with E-state index in [1.165, 1.54) is 6.33 Å². The number of halogens is 1. The third-order valence-electron chi connectivity index (χ3n) is 4.63. The normalized spacial score (nSPS) is 15.5. The van der Waals surface area contributed by atoms with Crippen LogP contribution in [0.4, 0.5) is 5.69 Å². The van der Waals surface area contributed by atoms with Gasteiger partial charge in [0.15, 0.2) is 0 Å². The Labute approximate surface area is 155 Å². The van der Waals surface area contributed by atoms with Crippen LogP contribution in [0.3, 0.4) is 0 Å². The monoisotopic (exact) mass is 368 g/mol. The largest absolute Gasteiger partial charge is 0.496 e. The van der Waals surface area contributed by atoms with E-state index in [9.17, 15) is 4.79 Å². The second kappa shape index (κ2) is 6.80. The van der Waals surface area contributed by atoms with Crippen LogP contribution in [0.25, 0.3) is 5.69 Å². The first kappa shape index (κ1) is 16.6. The zero-order valence-electron chi connectivity index (χ0n) is 14.1. The van der Waals surface area contributed by atoms with Crippen LogP contribution in [-0.2, 0) is 11.2 Å². The number of anilines is 1. The molecular formula is C19H17ClN4O2. The molecule has 1 aromatic heterocycles. The van der Waals surface area contributed by atoms with Crippen LogP contribution >= 0.6 is 11.6 Å². The van der Waals surface area contributed by atoms with Gasteiger partial charge in [-0.1, -0.05) is 23.7 Å². The van der Waals surface area contributed by atoms with Gasteiger partial charge < -0.3 is 10.1 Å². The average molecular weight is 369 g/mol. The molecule has 0 saturated carbocycles. The molecule has 0 bridgehead atoms. The van der Waals surface area contributed by atoms with Crippen molar-refractivity contribution >= 4 is 23.2 Å². The van der Waals surface area contributed by atoms with E-state index in [0.29, 0.717) is 16.4 Å². The van der Waals surface area contributed by atoms with Crippen molar-refractivity contribution in [2.45, 2.75) is 18.8 Å². The molecule has 3 aromatic rings. The van der Waals surface area contributed by atoms with Gasteiger partial charge in [-0.3, -0.25) is 4.79 Å². The number of amides is 1. The Balaban J connectivity index is 1.66. The SMILES string of the molecule is COc1cccc2c1C(C(=O)Nc1cc(Cl)ccc1-n1cncn1)CC2. The van der Waals surface area contributed by atoms with E-state index in [1.807, 2.05) is 18.2 Å². The number of fused-ring (bicyclic) bond motifs is 1. The highest BCUT2D eigenvalue weighted by atomic mass is 35.5. The van der Waals surface area contributed by atoms with Gasteiger partial charge in [0.25, 0.3) is 0 Å². The molecule has 7 heteroatoms. The molecule has 1 heterocycles. The van der Waals surface area contributed by atoms with Crippen LogP contribution in [0.15, 0.2) is 49.1 Å². The first-order valence-corrected chi connectivity index (χ1v) is 8.66. The summed E-state index contributed by atoms with van der Waals surface area (Å²) >= 11 is 6.13. The molecule has 4 rings (SSSR count). The summed E-state index contributed by atoms with van der Waals surface area (Å²) in [5, 5.41) is 7.68. The lowest BCUT2D eigenvalue weighted by atomic mass is 9.99. The fourth-order valence-electron chi connectivity index (χ4n) is 3.45. The third-order valence-corrected chi connectivity index (χ3v) is 4.86. The Morgan fingerprint density at radius 2 is 2.23 bits per heavy atom. The van der Waals surface area contributed by atoms with Gasteiger partial charge in [0.2, 0.25) is 5.91 Å². The molecule has 0 saturated heterocycles. The number of carbonyl (C=O) groups is 1. The van der Waals surface area contributed by atoms with Crippen LogP contribution in [0.2, 0.25) is 5.02 Å². The van der Waals surface area contributed by atoms with Gasteiger partial charge >= 0.3 is 0 Å². The Kier molecular flexibility index (Phi) is 4.34. The molecule has 6 nitrogen and oxygen atoms in total. The number of methoxy groups -OCH3 is 1. The van der Waals surface area contributed by atoms with E-state index in [-0.39, 0.29) is 11.8 Å². The minimum Gasteiger partial charge on any atom is -0.496 e. The fraction of sp³-hybridized carbons (Fsp3) is 0.211. The zero-order valence-corrected chi connectivity index (χ0v) is 14.9. The summed E-state index contributed by atoms with van der Waals surface area (Å²) in [5.41, 5.74) is 3.43. The van der Waals surface area contributed by atoms with Gasteiger partial charge in [-0.2, -0.15) is 5.10 Å². The maximum Gasteiger partial charge on any atom is 0.232 e. The second-order valence-corrected chi connectivity index (χ2v) is 6.55. The van der Waals surface area contributed by atoms with E-state index < -0.39 is 0 Å². The van der Waals surface area contributed by atoms with Crippen molar-refractivity contribution in [2.24, 2.45) is 0 Å². The highest BCUT2D eigenvalue weighted by molar-refractivity contribution is 6.31. The van der Waals surface area contributed by atoms with Gasteiger partial charge in [0, 0.05) is 10.6 Å². The minimum absolute atomic E-state index is 0.0862. The Morgan fingerprint density at radius 1 is 1.35 bits per heavy atom. The number of hydrogen-bond donors (Lipinski definition) is 1. The molecule has 0 aliphatic heterocycles. The van der Waals surface area contributed by atoms with Crippen LogP contribution in [0, 0.1) is 0 Å². The van der Waals surface area contributed by atoms with E-state index in [2.05, 4.69) is 15.4 Å². The van der Waals surface area contributed by atoms with Crippen molar-refractivity contribution in [3.8, 4) is 11.4 Å². The van der Waals surface area contributed by atoms with Crippen LogP contribution in [0.1, 0.15) is 23.5 Å². The maximum atomic E-state index is 13.0. The van der Waals surface area contributed by atoms with Crippen molar-refractivity contribution < 1.29 is 9.53 Å². The van der Waals surface area contributed by atoms with E-state index >= 15 is 0 Å². The molecule has 1 aliphatic carbocycles. The third kappa shape index (κ3) is 2.93. The predicted octanol–water partition coefficient (Wildman–Crippen LogP) is 3.60. The second-order valence-electron chi connectivity index (χ2n) is 6.12. The summed E-state index contributed by atoms with van der Waals surface area (Å²) < 4.78 is 7.06. The van der Waals surface area contributed by atoms with Crippen molar-refractivity contribution in [1.29, 1.82) is 0 Å². The smallest absolute Gasteiger partial charge is 0.232 e. The van der Waals surface area contributed by atoms with Crippen LogP contribution in [0.5, 0.6) is 5.75 Å². The van der Waals surface area contributed by atoms with Crippen LogP contribution < -0.4 is 10.1 Å². The van der Waals surface area contributed by atoms with Gasteiger partial charge in [0.1, 0.15) is 18.4 Å². The fourth-order valence-corrected chi connectivity index (χ4v) is 3.62. The number of ether oxygens (including phenoxy) is 1. The lowest BCUT2D eigenvalue weighted by Gasteiger charge is -2.17. The van der Waals surface area contributed by atoms with E-state index in [4.69, 9.17) is 16.3 Å². The predicted molar refractivity (Wildman–Crippen MR) is 99.1 cm³/mol. The Hall–Kier alpha value is -2.86. The summed E-state index contributed by atoms with van der Waals surface area (Å²) in [6.07, 6.45) is 4.63. The van der Waals surface area contributed by atoms with Crippen molar-refractivity contribution in [1.82, 2.24) is 14.8 Å². The summed E-state index contributed by atoms with van der Waals surface area (Å²) in [6.45, 7) is 0. The van der Waals surface area contributed by atoms with Crippen molar-refractivity contribution in [3.63, 3.8) is 0 Å². The number of rotatable bonds is 4. The number of carbonyl (C=O) groups excluding carboxylic acids is 1. The van der Waals surface area contributed by atoms with Crippen molar-refractivity contribution in [3.05, 3.63) is 65.2 Å². The number of nitrogens with zero attached hydrogens (tertiary/aromatic N) is 3. The van der Waals surface area contributed by atoms with E-state index in [0.717, 1.165) is 29.7 Å². The van der Waals surface area contributed by atoms with Crippen molar-refractivity contribution in [2.75, 3.05) is 12.4 Å². The number of benzene rings is 2. The van der Waals surface area contributed by atoms with Crippen LogP contribution in [-0.4, -0.2) is 27.8 Å². The zero-order chi connectivity index (χ0) is 18.1. The molecule has 0 fully saturated rings. The molecule has 1 N–H and O–H groups in total. The van der Waals surface area contributed by atoms with Gasteiger partial charge in [-0.05, 0) is 42.7 Å². The number of nitrogens with one attached hydrogen (secondary N) is 1. The topological polar surface area (TPSA) is 69.0 Å². The highest BCUT2D eigenvalue weighted by Gasteiger charge is 2.32. The maximum absolute atomic E-state index is 13.0. The number of aryl methyl sites for hydroxylation is 1. The molecule has 132 valence electrons. The van der Waals surface area contributed by atoms with Gasteiger partial charge in [-0.15, -0.1) is 0 Å². The minimum atomic E-state index is -0.260. The molecule has 1 amide bonds. The molecule has 26 heavy (non-hydrogen) atoms. The Bertz CT molecular complexity index is 956. The Morgan fingerprint density at radius 3 is 3.00 bits per heavy atom. The average Bonchev–Trinajstić information content (AvgIpc) is 3.31.